The Morgan fingerprint density at radius 2 is 1.91 bits per heavy atom. The molecule has 0 radical (unpaired) electrons. The summed E-state index contributed by atoms with van der Waals surface area (Å²) >= 11 is 0. The molecule has 0 aliphatic carbocycles. The maximum absolute atomic E-state index is 13.4. The maximum Gasteiger partial charge on any atom is 0.435 e. The average molecular weight is 471 g/mol. The van der Waals surface area contributed by atoms with Gasteiger partial charge in [-0.2, -0.15) is 23.4 Å². The highest BCUT2D eigenvalue weighted by atomic mass is 19.4. The van der Waals surface area contributed by atoms with E-state index in [-0.39, 0.29) is 23.1 Å². The predicted octanol–water partition coefficient (Wildman–Crippen LogP) is 3.86. The summed E-state index contributed by atoms with van der Waals surface area (Å²) < 4.78 is 41.1. The van der Waals surface area contributed by atoms with E-state index in [1.807, 2.05) is 0 Å². The third-order valence-electron chi connectivity index (χ3n) is 4.93. The highest BCUT2D eigenvalue weighted by Crippen LogP contribution is 2.31. The Kier molecular flexibility index (Phi) is 5.82. The van der Waals surface area contributed by atoms with Gasteiger partial charge in [0.2, 0.25) is 0 Å². The molecule has 9 nitrogen and oxygen atoms in total. The number of pyridine rings is 1. The van der Waals surface area contributed by atoms with Gasteiger partial charge >= 0.3 is 6.18 Å². The molecular weight excluding hydrogens is 451 g/mol. The lowest BCUT2D eigenvalue weighted by atomic mass is 10.1. The van der Waals surface area contributed by atoms with Crippen molar-refractivity contribution in [3.8, 4) is 5.82 Å². The Hall–Kier alpha value is -4.22. The van der Waals surface area contributed by atoms with Crippen LogP contribution in [-0.4, -0.2) is 42.8 Å². The van der Waals surface area contributed by atoms with Crippen molar-refractivity contribution in [2.24, 2.45) is 0 Å². The zero-order valence-corrected chi connectivity index (χ0v) is 18.4. The molecule has 3 N–H and O–H groups in total. The fourth-order valence-corrected chi connectivity index (χ4v) is 3.42. The van der Waals surface area contributed by atoms with E-state index < -0.39 is 29.4 Å². The van der Waals surface area contributed by atoms with Crippen molar-refractivity contribution in [2.45, 2.75) is 33.0 Å². The molecule has 0 unspecified atom stereocenters. The number of alkyl halides is 3. The number of amides is 2. The monoisotopic (exact) mass is 471 g/mol. The van der Waals surface area contributed by atoms with Crippen LogP contribution in [0.4, 0.5) is 18.9 Å². The molecule has 2 amide bonds. The number of H-pyrrole nitrogens is 1. The van der Waals surface area contributed by atoms with Crippen LogP contribution in [0.2, 0.25) is 0 Å². The number of hydrogen-bond acceptors (Lipinski definition) is 5. The summed E-state index contributed by atoms with van der Waals surface area (Å²) in [5, 5.41) is 16.2. The van der Waals surface area contributed by atoms with E-state index in [1.165, 1.54) is 18.5 Å². The van der Waals surface area contributed by atoms with Crippen LogP contribution in [0.25, 0.3) is 16.7 Å². The van der Waals surface area contributed by atoms with Crippen molar-refractivity contribution >= 4 is 28.4 Å². The molecule has 0 aliphatic heterocycles. The molecule has 0 saturated heterocycles. The molecule has 3 aromatic heterocycles. The molecule has 0 spiro atoms. The third kappa shape index (κ3) is 4.34. The van der Waals surface area contributed by atoms with E-state index in [1.54, 1.807) is 39.0 Å². The minimum absolute atomic E-state index is 0.0740. The Bertz CT molecular complexity index is 1390. The van der Waals surface area contributed by atoms with E-state index in [0.29, 0.717) is 22.5 Å². The summed E-state index contributed by atoms with van der Waals surface area (Å²) in [5.74, 6) is -1.30. The summed E-state index contributed by atoms with van der Waals surface area (Å²) in [5.41, 5.74) is -0.545. The lowest BCUT2D eigenvalue weighted by Crippen LogP contribution is -2.31. The van der Waals surface area contributed by atoms with Gasteiger partial charge in [-0.1, -0.05) is 6.07 Å². The Morgan fingerprint density at radius 1 is 1.15 bits per heavy atom. The van der Waals surface area contributed by atoms with Crippen molar-refractivity contribution in [1.82, 2.24) is 30.3 Å². The molecule has 0 bridgehead atoms. The highest BCUT2D eigenvalue weighted by Gasteiger charge is 2.36. The van der Waals surface area contributed by atoms with Gasteiger partial charge in [0.25, 0.3) is 11.8 Å². The number of carbonyl (C=O) groups excluding carboxylic acids is 2. The Balaban J connectivity index is 1.80. The molecule has 0 aliphatic rings. The van der Waals surface area contributed by atoms with Gasteiger partial charge in [0.1, 0.15) is 5.69 Å². The van der Waals surface area contributed by atoms with E-state index in [4.69, 9.17) is 0 Å². The van der Waals surface area contributed by atoms with Crippen LogP contribution in [0, 0.1) is 6.92 Å². The first-order valence-corrected chi connectivity index (χ1v) is 10.2. The van der Waals surface area contributed by atoms with E-state index in [0.717, 1.165) is 4.68 Å². The summed E-state index contributed by atoms with van der Waals surface area (Å²) in [7, 11) is 0. The number of hydrogen-bond donors (Lipinski definition) is 3. The highest BCUT2D eigenvalue weighted by molar-refractivity contribution is 6.14. The topological polar surface area (TPSA) is 118 Å². The first-order chi connectivity index (χ1) is 16.1. The fraction of sp³-hybridized carbons (Fsp3) is 0.227. The second-order valence-electron chi connectivity index (χ2n) is 7.87. The Morgan fingerprint density at radius 3 is 2.59 bits per heavy atom. The minimum Gasteiger partial charge on any atom is -0.350 e. The van der Waals surface area contributed by atoms with Crippen LogP contribution in [0.15, 0.2) is 42.7 Å². The molecule has 34 heavy (non-hydrogen) atoms. The van der Waals surface area contributed by atoms with Gasteiger partial charge in [-0.25, -0.2) is 9.67 Å². The SMILES string of the molecule is Cc1cccnc1-n1nc(C(F)(F)F)cc1C(=O)Nc1ccc2cn[nH]c2c1C(=O)NC(C)C. The van der Waals surface area contributed by atoms with Crippen molar-refractivity contribution < 1.29 is 22.8 Å². The molecule has 1 aromatic carbocycles. The van der Waals surface area contributed by atoms with E-state index in [9.17, 15) is 22.8 Å². The molecule has 4 rings (SSSR count). The quantitative estimate of drug-likeness (QED) is 0.409. The summed E-state index contributed by atoms with van der Waals surface area (Å²) in [6.07, 6.45) is -1.87. The van der Waals surface area contributed by atoms with Gasteiger partial charge in [-0.05, 0) is 44.5 Å². The van der Waals surface area contributed by atoms with Gasteiger partial charge in [-0.3, -0.25) is 14.7 Å². The zero-order valence-electron chi connectivity index (χ0n) is 18.4. The van der Waals surface area contributed by atoms with Gasteiger partial charge in [-0.15, -0.1) is 0 Å². The summed E-state index contributed by atoms with van der Waals surface area (Å²) in [6, 6.07) is 6.82. The number of benzene rings is 1. The van der Waals surface area contributed by atoms with Crippen molar-refractivity contribution in [3.05, 3.63) is 65.2 Å². The number of nitrogens with one attached hydrogen (secondary N) is 3. The molecular formula is C22H20F3N7O2. The molecule has 0 atom stereocenters. The molecule has 4 aromatic rings. The van der Waals surface area contributed by atoms with Crippen molar-refractivity contribution in [2.75, 3.05) is 5.32 Å². The number of anilines is 1. The number of halogens is 3. The van der Waals surface area contributed by atoms with E-state index in [2.05, 4.69) is 30.9 Å². The van der Waals surface area contributed by atoms with Crippen molar-refractivity contribution in [1.29, 1.82) is 0 Å². The molecule has 0 fully saturated rings. The van der Waals surface area contributed by atoms with Gasteiger partial charge in [0.15, 0.2) is 11.5 Å². The molecule has 0 saturated carbocycles. The van der Waals surface area contributed by atoms with Crippen LogP contribution in [0.3, 0.4) is 0 Å². The second kappa shape index (κ2) is 8.61. The third-order valence-corrected chi connectivity index (χ3v) is 4.93. The van der Waals surface area contributed by atoms with Crippen LogP contribution in [0.5, 0.6) is 0 Å². The Labute approximate surface area is 191 Å². The summed E-state index contributed by atoms with van der Waals surface area (Å²) in [6.45, 7) is 5.19. The number of aromatic amines is 1. The molecule has 12 heteroatoms. The smallest absolute Gasteiger partial charge is 0.350 e. The largest absolute Gasteiger partial charge is 0.435 e. The number of carbonyl (C=O) groups is 2. The van der Waals surface area contributed by atoms with Crippen LogP contribution in [0.1, 0.15) is 46.0 Å². The van der Waals surface area contributed by atoms with E-state index >= 15 is 0 Å². The van der Waals surface area contributed by atoms with Crippen LogP contribution < -0.4 is 10.6 Å². The number of nitrogens with zero attached hydrogens (tertiary/aromatic N) is 4. The van der Waals surface area contributed by atoms with Gasteiger partial charge < -0.3 is 10.6 Å². The lowest BCUT2D eigenvalue weighted by molar-refractivity contribution is -0.141. The summed E-state index contributed by atoms with van der Waals surface area (Å²) in [4.78, 5) is 30.2. The number of rotatable bonds is 5. The minimum atomic E-state index is -4.78. The van der Waals surface area contributed by atoms with Gasteiger partial charge in [0, 0.05) is 23.7 Å². The number of aryl methyl sites for hydroxylation is 1. The molecule has 3 heterocycles. The van der Waals surface area contributed by atoms with Crippen molar-refractivity contribution in [3.63, 3.8) is 0 Å². The number of aromatic nitrogens is 5. The fourth-order valence-electron chi connectivity index (χ4n) is 3.42. The normalized spacial score (nSPS) is 11.7. The second-order valence-corrected chi connectivity index (χ2v) is 7.87. The van der Waals surface area contributed by atoms with Crippen LogP contribution in [-0.2, 0) is 6.18 Å². The molecule has 176 valence electrons. The zero-order chi connectivity index (χ0) is 24.6. The van der Waals surface area contributed by atoms with Crippen LogP contribution >= 0.6 is 0 Å². The predicted molar refractivity (Wildman–Crippen MR) is 118 cm³/mol. The standard InChI is InChI=1S/C22H20F3N7O2/c1-11(2)28-21(34)17-14(7-6-13-10-27-30-18(13)17)29-20(33)15-9-16(22(23,24)25)31-32(15)19-12(3)5-4-8-26-19/h4-11H,1-3H3,(H,27,30)(H,28,34)(H,29,33). The first kappa shape index (κ1) is 23.0. The van der Waals surface area contributed by atoms with Gasteiger partial charge in [0.05, 0.1) is 23.0 Å². The average Bonchev–Trinajstić information content (AvgIpc) is 3.40. The first-order valence-electron chi connectivity index (χ1n) is 10.2. The number of fused-ring (bicyclic) bond motifs is 1. The lowest BCUT2D eigenvalue weighted by Gasteiger charge is -2.14. The maximum atomic E-state index is 13.4.